The molecule has 5 rings (SSSR count). The van der Waals surface area contributed by atoms with E-state index < -0.39 is 0 Å². The fourth-order valence-electron chi connectivity index (χ4n) is 3.61. The Kier molecular flexibility index (Phi) is 4.80. The van der Waals surface area contributed by atoms with E-state index in [2.05, 4.69) is 10.3 Å². The number of amides is 1. The first-order valence-electron chi connectivity index (χ1n) is 9.74. The van der Waals surface area contributed by atoms with Crippen LogP contribution in [-0.2, 0) is 18.3 Å². The van der Waals surface area contributed by atoms with Crippen LogP contribution in [0.25, 0.3) is 22.0 Å². The van der Waals surface area contributed by atoms with E-state index in [0.717, 1.165) is 33.3 Å². The molecule has 150 valence electrons. The van der Waals surface area contributed by atoms with Crippen LogP contribution in [0.15, 0.2) is 67.0 Å². The van der Waals surface area contributed by atoms with Gasteiger partial charge >= 0.3 is 0 Å². The number of para-hydroxylation sites is 1. The molecule has 0 spiro atoms. The molecule has 1 N–H and O–H groups in total. The van der Waals surface area contributed by atoms with Crippen LogP contribution in [0.2, 0.25) is 0 Å². The topological polar surface area (TPSA) is 69.0 Å². The Labute approximate surface area is 178 Å². The van der Waals surface area contributed by atoms with E-state index in [-0.39, 0.29) is 11.8 Å². The van der Waals surface area contributed by atoms with Crippen molar-refractivity contribution >= 4 is 22.4 Å². The number of aromatic nitrogens is 3. The third-order valence-corrected chi connectivity index (χ3v) is 6.15. The Bertz CT molecular complexity index is 1200. The van der Waals surface area contributed by atoms with Gasteiger partial charge in [-0.25, -0.2) is 9.97 Å². The lowest BCUT2D eigenvalue weighted by atomic mass is 9.96. The SMILES string of the molecule is Cn1ccnc1-c1sc(NC(=O)C2COc3ccccc3C2)nc1-c1ccccc1. The first-order valence-corrected chi connectivity index (χ1v) is 10.6. The highest BCUT2D eigenvalue weighted by Gasteiger charge is 2.27. The molecule has 2 aromatic heterocycles. The van der Waals surface area contributed by atoms with Crippen LogP contribution in [0.4, 0.5) is 5.13 Å². The maximum atomic E-state index is 12.9. The molecule has 1 unspecified atom stereocenters. The highest BCUT2D eigenvalue weighted by molar-refractivity contribution is 7.19. The van der Waals surface area contributed by atoms with Gasteiger partial charge in [0.2, 0.25) is 5.91 Å². The van der Waals surface area contributed by atoms with Crippen molar-refractivity contribution < 1.29 is 9.53 Å². The number of ether oxygens (including phenoxy) is 1. The minimum atomic E-state index is -0.249. The minimum absolute atomic E-state index is 0.0794. The van der Waals surface area contributed by atoms with E-state index in [1.165, 1.54) is 11.3 Å². The first-order chi connectivity index (χ1) is 14.7. The summed E-state index contributed by atoms with van der Waals surface area (Å²) in [5, 5.41) is 3.57. The lowest BCUT2D eigenvalue weighted by Gasteiger charge is -2.24. The predicted octanol–water partition coefficient (Wildman–Crippen LogP) is 4.40. The van der Waals surface area contributed by atoms with Gasteiger partial charge in [-0.05, 0) is 18.1 Å². The summed E-state index contributed by atoms with van der Waals surface area (Å²) in [6.45, 7) is 0.367. The van der Waals surface area contributed by atoms with E-state index >= 15 is 0 Å². The number of imidazole rings is 1. The molecule has 0 saturated heterocycles. The summed E-state index contributed by atoms with van der Waals surface area (Å²) in [5.74, 6) is 1.35. The Balaban J connectivity index is 1.43. The lowest BCUT2D eigenvalue weighted by Crippen LogP contribution is -2.32. The first kappa shape index (κ1) is 18.6. The molecular formula is C23H20N4O2S. The number of anilines is 1. The van der Waals surface area contributed by atoms with Gasteiger partial charge in [0.15, 0.2) is 11.0 Å². The molecule has 2 aromatic carbocycles. The largest absolute Gasteiger partial charge is 0.492 e. The second-order valence-corrected chi connectivity index (χ2v) is 8.23. The Morgan fingerprint density at radius 1 is 1.17 bits per heavy atom. The van der Waals surface area contributed by atoms with Crippen LogP contribution < -0.4 is 10.1 Å². The molecule has 1 aliphatic heterocycles. The molecule has 0 saturated carbocycles. The second-order valence-electron chi connectivity index (χ2n) is 7.23. The fraction of sp³-hybridized carbons (Fsp3) is 0.174. The number of carbonyl (C=O) groups is 1. The quantitative estimate of drug-likeness (QED) is 0.535. The Morgan fingerprint density at radius 3 is 2.77 bits per heavy atom. The second kappa shape index (κ2) is 7.76. The molecule has 0 aliphatic carbocycles. The van der Waals surface area contributed by atoms with Gasteiger partial charge in [0.1, 0.15) is 12.4 Å². The van der Waals surface area contributed by atoms with Gasteiger partial charge in [0, 0.05) is 25.0 Å². The summed E-state index contributed by atoms with van der Waals surface area (Å²) in [7, 11) is 1.95. The highest BCUT2D eigenvalue weighted by atomic mass is 32.1. The van der Waals surface area contributed by atoms with Gasteiger partial charge in [-0.2, -0.15) is 0 Å². The third kappa shape index (κ3) is 3.48. The summed E-state index contributed by atoms with van der Waals surface area (Å²) in [6, 6.07) is 17.8. The number of rotatable bonds is 4. The molecule has 4 aromatic rings. The standard InChI is InChI=1S/C23H20N4O2S/c1-27-12-11-24-21(27)20-19(15-7-3-2-4-8-15)25-23(30-20)26-22(28)17-13-16-9-5-6-10-18(16)29-14-17/h2-12,17H,13-14H2,1H3,(H,25,26,28). The van der Waals surface area contributed by atoms with Crippen molar-refractivity contribution in [1.29, 1.82) is 0 Å². The summed E-state index contributed by atoms with van der Waals surface area (Å²) < 4.78 is 7.73. The highest BCUT2D eigenvalue weighted by Crippen LogP contribution is 2.38. The maximum Gasteiger partial charge on any atom is 0.233 e. The van der Waals surface area contributed by atoms with Gasteiger partial charge in [0.25, 0.3) is 0 Å². The van der Waals surface area contributed by atoms with Crippen molar-refractivity contribution in [1.82, 2.24) is 14.5 Å². The van der Waals surface area contributed by atoms with E-state index in [1.54, 1.807) is 6.20 Å². The van der Waals surface area contributed by atoms with Crippen LogP contribution in [0.3, 0.4) is 0 Å². The Hall–Kier alpha value is -3.45. The number of nitrogens with zero attached hydrogens (tertiary/aromatic N) is 3. The summed E-state index contributed by atoms with van der Waals surface area (Å²) in [4.78, 5) is 23.1. The molecule has 1 atom stereocenters. The summed E-state index contributed by atoms with van der Waals surface area (Å²) in [6.07, 6.45) is 4.32. The van der Waals surface area contributed by atoms with Gasteiger partial charge in [-0.1, -0.05) is 59.9 Å². The molecule has 30 heavy (non-hydrogen) atoms. The van der Waals surface area contributed by atoms with Crippen molar-refractivity contribution in [3.63, 3.8) is 0 Å². The van der Waals surface area contributed by atoms with Crippen molar-refractivity contribution in [2.75, 3.05) is 11.9 Å². The lowest BCUT2D eigenvalue weighted by molar-refractivity contribution is -0.121. The number of benzene rings is 2. The minimum Gasteiger partial charge on any atom is -0.492 e. The van der Waals surface area contributed by atoms with Gasteiger partial charge in [-0.3, -0.25) is 4.79 Å². The van der Waals surface area contributed by atoms with Crippen molar-refractivity contribution in [2.24, 2.45) is 13.0 Å². The van der Waals surface area contributed by atoms with Crippen LogP contribution in [0, 0.1) is 5.92 Å². The van der Waals surface area contributed by atoms with E-state index in [0.29, 0.717) is 18.2 Å². The van der Waals surface area contributed by atoms with Crippen LogP contribution in [0.1, 0.15) is 5.56 Å². The molecule has 0 fully saturated rings. The van der Waals surface area contributed by atoms with Gasteiger partial charge < -0.3 is 14.6 Å². The fourth-order valence-corrected chi connectivity index (χ4v) is 4.64. The zero-order valence-electron chi connectivity index (χ0n) is 16.4. The number of nitrogens with one attached hydrogen (secondary N) is 1. The normalized spacial score (nSPS) is 15.3. The van der Waals surface area contributed by atoms with Crippen LogP contribution >= 0.6 is 11.3 Å². The van der Waals surface area contributed by atoms with Crippen molar-refractivity contribution in [3.8, 4) is 27.7 Å². The number of thiazole rings is 1. The number of aryl methyl sites for hydroxylation is 1. The molecular weight excluding hydrogens is 396 g/mol. The predicted molar refractivity (Wildman–Crippen MR) is 118 cm³/mol. The average molecular weight is 417 g/mol. The number of carbonyl (C=O) groups excluding carboxylic acids is 1. The molecule has 0 bridgehead atoms. The smallest absolute Gasteiger partial charge is 0.233 e. The average Bonchev–Trinajstić information content (AvgIpc) is 3.39. The Morgan fingerprint density at radius 2 is 1.97 bits per heavy atom. The molecule has 0 radical (unpaired) electrons. The maximum absolute atomic E-state index is 12.9. The van der Waals surface area contributed by atoms with E-state index in [1.807, 2.05) is 72.4 Å². The van der Waals surface area contributed by atoms with E-state index in [4.69, 9.17) is 9.72 Å². The number of fused-ring (bicyclic) bond motifs is 1. The number of hydrogen-bond donors (Lipinski definition) is 1. The van der Waals surface area contributed by atoms with Crippen LogP contribution in [-0.4, -0.2) is 27.0 Å². The molecule has 6 nitrogen and oxygen atoms in total. The molecule has 3 heterocycles. The molecule has 7 heteroatoms. The van der Waals surface area contributed by atoms with Crippen molar-refractivity contribution in [3.05, 3.63) is 72.6 Å². The summed E-state index contributed by atoms with van der Waals surface area (Å²) >= 11 is 1.44. The zero-order valence-corrected chi connectivity index (χ0v) is 17.2. The monoisotopic (exact) mass is 416 g/mol. The van der Waals surface area contributed by atoms with Gasteiger partial charge in [-0.15, -0.1) is 0 Å². The van der Waals surface area contributed by atoms with Crippen LogP contribution in [0.5, 0.6) is 5.75 Å². The number of hydrogen-bond acceptors (Lipinski definition) is 5. The van der Waals surface area contributed by atoms with Crippen molar-refractivity contribution in [2.45, 2.75) is 6.42 Å². The third-order valence-electron chi connectivity index (χ3n) is 5.18. The zero-order chi connectivity index (χ0) is 20.5. The molecule has 1 amide bonds. The molecule has 1 aliphatic rings. The van der Waals surface area contributed by atoms with Gasteiger partial charge in [0.05, 0.1) is 16.5 Å². The summed E-state index contributed by atoms with van der Waals surface area (Å²) in [5.41, 5.74) is 2.86. The van der Waals surface area contributed by atoms with E-state index in [9.17, 15) is 4.79 Å².